The van der Waals surface area contributed by atoms with E-state index in [9.17, 15) is 0 Å². The van der Waals surface area contributed by atoms with Gasteiger partial charge in [-0.15, -0.1) is 0 Å². The van der Waals surface area contributed by atoms with Gasteiger partial charge >= 0.3 is 0 Å². The van der Waals surface area contributed by atoms with Crippen LogP contribution in [0, 0.1) is 0 Å². The van der Waals surface area contributed by atoms with Gasteiger partial charge in [0.1, 0.15) is 5.75 Å². The average molecular weight is 291 g/mol. The SMILES string of the molecule is COc1ccc(CCCN2CCOCC2)cc1C(C)(C)C. The number of ether oxygens (including phenoxy) is 2. The lowest BCUT2D eigenvalue weighted by atomic mass is 9.85. The van der Waals surface area contributed by atoms with Crippen molar-refractivity contribution in [3.8, 4) is 5.75 Å². The van der Waals surface area contributed by atoms with Crippen molar-refractivity contribution in [3.63, 3.8) is 0 Å². The highest BCUT2D eigenvalue weighted by Gasteiger charge is 2.19. The van der Waals surface area contributed by atoms with Crippen molar-refractivity contribution >= 4 is 0 Å². The van der Waals surface area contributed by atoms with Gasteiger partial charge in [-0.05, 0) is 42.0 Å². The van der Waals surface area contributed by atoms with Crippen molar-refractivity contribution in [2.75, 3.05) is 40.0 Å². The second-order valence-electron chi connectivity index (χ2n) is 6.84. The van der Waals surface area contributed by atoms with Crippen LogP contribution in [0.1, 0.15) is 38.3 Å². The summed E-state index contributed by atoms with van der Waals surface area (Å²) in [5.74, 6) is 0.999. The maximum atomic E-state index is 5.50. The zero-order valence-electron chi connectivity index (χ0n) is 13.9. The summed E-state index contributed by atoms with van der Waals surface area (Å²) in [5, 5.41) is 0. The minimum absolute atomic E-state index is 0.117. The first kappa shape index (κ1) is 16.3. The number of aryl methyl sites for hydroxylation is 1. The molecule has 0 spiro atoms. The zero-order chi connectivity index (χ0) is 15.3. The third-order valence-corrected chi connectivity index (χ3v) is 4.12. The van der Waals surface area contributed by atoms with Gasteiger partial charge in [0, 0.05) is 13.1 Å². The molecule has 0 saturated carbocycles. The summed E-state index contributed by atoms with van der Waals surface area (Å²) < 4.78 is 10.9. The van der Waals surface area contributed by atoms with E-state index >= 15 is 0 Å². The number of hydrogen-bond acceptors (Lipinski definition) is 3. The molecule has 0 aromatic heterocycles. The quantitative estimate of drug-likeness (QED) is 0.831. The Hall–Kier alpha value is -1.06. The highest BCUT2D eigenvalue weighted by molar-refractivity contribution is 5.41. The Labute approximate surface area is 129 Å². The van der Waals surface area contributed by atoms with Gasteiger partial charge in [-0.1, -0.05) is 32.9 Å². The monoisotopic (exact) mass is 291 g/mol. The second-order valence-corrected chi connectivity index (χ2v) is 6.84. The summed E-state index contributed by atoms with van der Waals surface area (Å²) in [5.41, 5.74) is 2.83. The largest absolute Gasteiger partial charge is 0.496 e. The van der Waals surface area contributed by atoms with Gasteiger partial charge < -0.3 is 9.47 Å². The van der Waals surface area contributed by atoms with Crippen LogP contribution in [0.5, 0.6) is 5.75 Å². The number of methoxy groups -OCH3 is 1. The standard InChI is InChI=1S/C18H29NO2/c1-18(2,3)16-14-15(7-8-17(16)20-4)6-5-9-19-10-12-21-13-11-19/h7-8,14H,5-6,9-13H2,1-4H3. The van der Waals surface area contributed by atoms with Gasteiger partial charge in [0.2, 0.25) is 0 Å². The third-order valence-electron chi connectivity index (χ3n) is 4.12. The van der Waals surface area contributed by atoms with Crippen molar-refractivity contribution in [1.82, 2.24) is 4.90 Å². The number of nitrogens with zero attached hydrogens (tertiary/aromatic N) is 1. The molecule has 0 atom stereocenters. The highest BCUT2D eigenvalue weighted by atomic mass is 16.5. The van der Waals surface area contributed by atoms with Crippen LogP contribution in [0.2, 0.25) is 0 Å². The molecule has 0 aliphatic carbocycles. The molecule has 3 heteroatoms. The second kappa shape index (κ2) is 7.28. The van der Waals surface area contributed by atoms with Crippen LogP contribution in [0.4, 0.5) is 0 Å². The number of morpholine rings is 1. The average Bonchev–Trinajstić information content (AvgIpc) is 2.47. The van der Waals surface area contributed by atoms with Crippen LogP contribution in [-0.4, -0.2) is 44.9 Å². The Morgan fingerprint density at radius 2 is 1.90 bits per heavy atom. The summed E-state index contributed by atoms with van der Waals surface area (Å²) in [6.45, 7) is 11.8. The lowest BCUT2D eigenvalue weighted by molar-refractivity contribution is 0.0374. The van der Waals surface area contributed by atoms with Crippen LogP contribution in [0.15, 0.2) is 18.2 Å². The fourth-order valence-corrected chi connectivity index (χ4v) is 2.83. The smallest absolute Gasteiger partial charge is 0.122 e. The molecule has 3 nitrogen and oxygen atoms in total. The summed E-state index contributed by atoms with van der Waals surface area (Å²) in [4.78, 5) is 2.50. The van der Waals surface area contributed by atoms with Gasteiger partial charge in [0.15, 0.2) is 0 Å². The molecule has 0 N–H and O–H groups in total. The molecule has 118 valence electrons. The maximum absolute atomic E-state index is 5.50. The molecule has 1 aliphatic heterocycles. The van der Waals surface area contributed by atoms with Gasteiger partial charge in [0.25, 0.3) is 0 Å². The minimum atomic E-state index is 0.117. The van der Waals surface area contributed by atoms with Gasteiger partial charge in [-0.25, -0.2) is 0 Å². The van der Waals surface area contributed by atoms with E-state index in [0.29, 0.717) is 0 Å². The Kier molecular flexibility index (Phi) is 5.65. The first-order valence-corrected chi connectivity index (χ1v) is 7.98. The number of benzene rings is 1. The molecule has 0 unspecified atom stereocenters. The van der Waals surface area contributed by atoms with Gasteiger partial charge in [0.05, 0.1) is 20.3 Å². The fraction of sp³-hybridized carbons (Fsp3) is 0.667. The highest BCUT2D eigenvalue weighted by Crippen LogP contribution is 2.32. The molecular formula is C18H29NO2. The molecule has 0 radical (unpaired) electrons. The predicted octanol–water partition coefficient (Wildman–Crippen LogP) is 3.26. The fourth-order valence-electron chi connectivity index (χ4n) is 2.83. The van der Waals surface area contributed by atoms with Crippen molar-refractivity contribution in [3.05, 3.63) is 29.3 Å². The van der Waals surface area contributed by atoms with E-state index in [4.69, 9.17) is 9.47 Å². The van der Waals surface area contributed by atoms with Crippen molar-refractivity contribution in [2.45, 2.75) is 39.0 Å². The van der Waals surface area contributed by atoms with Crippen LogP contribution in [-0.2, 0) is 16.6 Å². The third kappa shape index (κ3) is 4.72. The molecule has 2 rings (SSSR count). The van der Waals surface area contributed by atoms with Crippen LogP contribution < -0.4 is 4.74 Å². The Morgan fingerprint density at radius 3 is 2.52 bits per heavy atom. The first-order chi connectivity index (χ1) is 10.0. The lowest BCUT2D eigenvalue weighted by Crippen LogP contribution is -2.36. The van der Waals surface area contributed by atoms with Crippen LogP contribution in [0.25, 0.3) is 0 Å². The summed E-state index contributed by atoms with van der Waals surface area (Å²) in [6.07, 6.45) is 2.33. The Bertz CT molecular complexity index is 445. The summed E-state index contributed by atoms with van der Waals surface area (Å²) >= 11 is 0. The van der Waals surface area contributed by atoms with E-state index in [-0.39, 0.29) is 5.41 Å². The molecule has 1 heterocycles. The minimum Gasteiger partial charge on any atom is -0.496 e. The predicted molar refractivity (Wildman–Crippen MR) is 87.3 cm³/mol. The maximum Gasteiger partial charge on any atom is 0.122 e. The molecule has 1 fully saturated rings. The Morgan fingerprint density at radius 1 is 1.19 bits per heavy atom. The van der Waals surface area contributed by atoms with E-state index in [1.165, 1.54) is 24.1 Å². The summed E-state index contributed by atoms with van der Waals surface area (Å²) in [7, 11) is 1.75. The first-order valence-electron chi connectivity index (χ1n) is 7.98. The molecule has 1 saturated heterocycles. The zero-order valence-corrected chi connectivity index (χ0v) is 13.9. The molecule has 0 bridgehead atoms. The van der Waals surface area contributed by atoms with Crippen molar-refractivity contribution < 1.29 is 9.47 Å². The van der Waals surface area contributed by atoms with E-state index in [0.717, 1.165) is 38.5 Å². The molecule has 1 aromatic rings. The lowest BCUT2D eigenvalue weighted by Gasteiger charge is -2.26. The van der Waals surface area contributed by atoms with Gasteiger partial charge in [-0.3, -0.25) is 4.90 Å². The van der Waals surface area contributed by atoms with Crippen molar-refractivity contribution in [1.29, 1.82) is 0 Å². The summed E-state index contributed by atoms with van der Waals surface area (Å²) in [6, 6.07) is 6.64. The van der Waals surface area contributed by atoms with Crippen LogP contribution in [0.3, 0.4) is 0 Å². The molecule has 0 amide bonds. The van der Waals surface area contributed by atoms with E-state index in [2.05, 4.69) is 43.9 Å². The molecule has 1 aliphatic rings. The van der Waals surface area contributed by atoms with E-state index in [1.807, 2.05) is 0 Å². The van der Waals surface area contributed by atoms with Crippen molar-refractivity contribution in [2.24, 2.45) is 0 Å². The van der Waals surface area contributed by atoms with E-state index < -0.39 is 0 Å². The Balaban J connectivity index is 1.94. The molecular weight excluding hydrogens is 262 g/mol. The normalized spacial score (nSPS) is 17.0. The van der Waals surface area contributed by atoms with Crippen LogP contribution >= 0.6 is 0 Å². The molecule has 21 heavy (non-hydrogen) atoms. The van der Waals surface area contributed by atoms with Gasteiger partial charge in [-0.2, -0.15) is 0 Å². The topological polar surface area (TPSA) is 21.7 Å². The number of hydrogen-bond donors (Lipinski definition) is 0. The van der Waals surface area contributed by atoms with E-state index in [1.54, 1.807) is 7.11 Å². The number of rotatable bonds is 5. The molecule has 1 aromatic carbocycles.